The molecule has 0 aromatic rings. The van der Waals surface area contributed by atoms with Crippen molar-refractivity contribution in [3.8, 4) is 12.3 Å². The van der Waals surface area contributed by atoms with Crippen molar-refractivity contribution in [1.29, 1.82) is 0 Å². The minimum Gasteiger partial charge on any atom is -0.387 e. The second-order valence-electron chi connectivity index (χ2n) is 5.33. The Balaban J connectivity index is 3.98. The van der Waals surface area contributed by atoms with E-state index in [4.69, 9.17) is 6.42 Å². The minimum atomic E-state index is -0.580. The quantitative estimate of drug-likeness (QED) is 0.359. The Bertz CT molecular complexity index is 261. The molecule has 0 spiro atoms. The van der Waals surface area contributed by atoms with E-state index >= 15 is 0 Å². The number of hydrogen-bond acceptors (Lipinski definition) is 1. The average molecular weight is 236 g/mol. The molecule has 0 heterocycles. The summed E-state index contributed by atoms with van der Waals surface area (Å²) in [6, 6.07) is 0. The smallest absolute Gasteiger partial charge is 0.0907 e. The zero-order chi connectivity index (χ0) is 13.3. The Morgan fingerprint density at radius 2 is 1.82 bits per heavy atom. The summed E-state index contributed by atoms with van der Waals surface area (Å²) in [4.78, 5) is 0. The van der Waals surface area contributed by atoms with Gasteiger partial charge in [-0.25, -0.2) is 0 Å². The minimum absolute atomic E-state index is 0.448. The molecule has 0 bridgehead atoms. The van der Waals surface area contributed by atoms with Crippen LogP contribution >= 0.6 is 0 Å². The van der Waals surface area contributed by atoms with Gasteiger partial charge in [0.15, 0.2) is 0 Å². The Morgan fingerprint density at radius 1 is 1.29 bits per heavy atom. The highest BCUT2D eigenvalue weighted by atomic mass is 16.3. The summed E-state index contributed by atoms with van der Waals surface area (Å²) in [6.07, 6.45) is 13.3. The third kappa shape index (κ3) is 5.94. The SMILES string of the molecule is C#CC(C)(CCCCCCCC)C(O)C(=C)C. The van der Waals surface area contributed by atoms with Crippen LogP contribution in [0.4, 0.5) is 0 Å². The number of aliphatic hydroxyl groups is 1. The molecule has 0 amide bonds. The maximum Gasteiger partial charge on any atom is 0.0907 e. The first-order valence-corrected chi connectivity index (χ1v) is 6.79. The van der Waals surface area contributed by atoms with Crippen molar-refractivity contribution in [3.63, 3.8) is 0 Å². The second kappa shape index (κ2) is 8.37. The molecule has 2 unspecified atom stereocenters. The molecule has 0 fully saturated rings. The molecule has 0 aliphatic heterocycles. The lowest BCUT2D eigenvalue weighted by molar-refractivity contribution is 0.101. The summed E-state index contributed by atoms with van der Waals surface area (Å²) in [5.74, 6) is 2.75. The van der Waals surface area contributed by atoms with E-state index in [1.807, 2.05) is 13.8 Å². The molecule has 1 nitrogen and oxygen atoms in total. The van der Waals surface area contributed by atoms with Crippen molar-refractivity contribution in [2.45, 2.75) is 71.8 Å². The first-order chi connectivity index (χ1) is 7.98. The lowest BCUT2D eigenvalue weighted by Gasteiger charge is -2.29. The number of unbranched alkanes of at least 4 members (excludes halogenated alkanes) is 5. The van der Waals surface area contributed by atoms with Gasteiger partial charge >= 0.3 is 0 Å². The fourth-order valence-corrected chi connectivity index (χ4v) is 2.10. The molecule has 1 N–H and O–H groups in total. The fraction of sp³-hybridized carbons (Fsp3) is 0.750. The number of hydrogen-bond donors (Lipinski definition) is 1. The van der Waals surface area contributed by atoms with Gasteiger partial charge in [0.05, 0.1) is 11.5 Å². The molecule has 0 rings (SSSR count). The highest BCUT2D eigenvalue weighted by molar-refractivity contribution is 5.16. The highest BCUT2D eigenvalue weighted by Crippen LogP contribution is 2.31. The second-order valence-corrected chi connectivity index (χ2v) is 5.33. The summed E-state index contributed by atoms with van der Waals surface area (Å²) in [7, 11) is 0. The molecule has 0 aromatic heterocycles. The van der Waals surface area contributed by atoms with E-state index in [0.29, 0.717) is 0 Å². The molecule has 0 saturated heterocycles. The maximum atomic E-state index is 10.0. The first kappa shape index (κ1) is 16.3. The number of aliphatic hydroxyl groups excluding tert-OH is 1. The predicted octanol–water partition coefficient (Wildman–Crippen LogP) is 4.31. The topological polar surface area (TPSA) is 20.2 Å². The van der Waals surface area contributed by atoms with Crippen LogP contribution in [0, 0.1) is 17.8 Å². The lowest BCUT2D eigenvalue weighted by Crippen LogP contribution is -2.31. The van der Waals surface area contributed by atoms with Gasteiger partial charge in [-0.2, -0.15) is 0 Å². The van der Waals surface area contributed by atoms with Crippen LogP contribution in [0.3, 0.4) is 0 Å². The van der Waals surface area contributed by atoms with Gasteiger partial charge in [-0.15, -0.1) is 6.42 Å². The molecule has 98 valence electrons. The molecule has 1 heteroatoms. The predicted molar refractivity (Wildman–Crippen MR) is 75.8 cm³/mol. The highest BCUT2D eigenvalue weighted by Gasteiger charge is 2.30. The number of rotatable bonds is 9. The maximum absolute atomic E-state index is 10.0. The monoisotopic (exact) mass is 236 g/mol. The van der Waals surface area contributed by atoms with Crippen LogP contribution in [0.15, 0.2) is 12.2 Å². The van der Waals surface area contributed by atoms with Crippen LogP contribution in [0.5, 0.6) is 0 Å². The summed E-state index contributed by atoms with van der Waals surface area (Å²) in [5, 5.41) is 10.0. The molecular formula is C16H28O. The Kier molecular flexibility index (Phi) is 8.00. The Labute approximate surface area is 107 Å². The van der Waals surface area contributed by atoms with Gasteiger partial charge in [0.1, 0.15) is 0 Å². The van der Waals surface area contributed by atoms with Gasteiger partial charge in [0, 0.05) is 0 Å². The van der Waals surface area contributed by atoms with E-state index in [0.717, 1.165) is 18.4 Å². The first-order valence-electron chi connectivity index (χ1n) is 6.79. The third-order valence-corrected chi connectivity index (χ3v) is 3.45. The van der Waals surface area contributed by atoms with Gasteiger partial charge in [0.2, 0.25) is 0 Å². The summed E-state index contributed by atoms with van der Waals surface area (Å²) >= 11 is 0. The van der Waals surface area contributed by atoms with E-state index in [-0.39, 0.29) is 0 Å². The normalized spacial score (nSPS) is 15.9. The van der Waals surface area contributed by atoms with E-state index < -0.39 is 11.5 Å². The molecule has 0 radical (unpaired) electrons. The largest absolute Gasteiger partial charge is 0.387 e. The summed E-state index contributed by atoms with van der Waals surface area (Å²) < 4.78 is 0. The Morgan fingerprint density at radius 3 is 2.29 bits per heavy atom. The Hall–Kier alpha value is -0.740. The van der Waals surface area contributed by atoms with Crippen molar-refractivity contribution in [2.75, 3.05) is 0 Å². The van der Waals surface area contributed by atoms with Gasteiger partial charge < -0.3 is 5.11 Å². The van der Waals surface area contributed by atoms with E-state index in [9.17, 15) is 5.11 Å². The van der Waals surface area contributed by atoms with Crippen LogP contribution in [0.25, 0.3) is 0 Å². The molecule has 17 heavy (non-hydrogen) atoms. The molecule has 0 aromatic carbocycles. The zero-order valence-electron chi connectivity index (χ0n) is 11.8. The van der Waals surface area contributed by atoms with Gasteiger partial charge in [-0.05, 0) is 20.3 Å². The van der Waals surface area contributed by atoms with Crippen molar-refractivity contribution in [1.82, 2.24) is 0 Å². The van der Waals surface area contributed by atoms with Gasteiger partial charge in [0.25, 0.3) is 0 Å². The molecule has 0 aliphatic rings. The van der Waals surface area contributed by atoms with E-state index in [1.165, 1.54) is 32.1 Å². The van der Waals surface area contributed by atoms with E-state index in [1.54, 1.807) is 0 Å². The number of terminal acetylenes is 1. The van der Waals surface area contributed by atoms with E-state index in [2.05, 4.69) is 19.4 Å². The van der Waals surface area contributed by atoms with Crippen LogP contribution in [0.1, 0.15) is 65.7 Å². The van der Waals surface area contributed by atoms with Crippen LogP contribution in [-0.2, 0) is 0 Å². The van der Waals surface area contributed by atoms with Crippen molar-refractivity contribution in [3.05, 3.63) is 12.2 Å². The summed E-state index contributed by atoms with van der Waals surface area (Å²) in [5.41, 5.74) is 0.313. The third-order valence-electron chi connectivity index (χ3n) is 3.45. The van der Waals surface area contributed by atoms with Gasteiger partial charge in [-0.3, -0.25) is 0 Å². The summed E-state index contributed by atoms with van der Waals surface area (Å²) in [6.45, 7) is 9.80. The van der Waals surface area contributed by atoms with Crippen molar-refractivity contribution < 1.29 is 5.11 Å². The molecular weight excluding hydrogens is 208 g/mol. The van der Waals surface area contributed by atoms with Crippen LogP contribution in [0.2, 0.25) is 0 Å². The molecule has 0 saturated carbocycles. The van der Waals surface area contributed by atoms with Crippen LogP contribution in [-0.4, -0.2) is 11.2 Å². The van der Waals surface area contributed by atoms with Crippen LogP contribution < -0.4 is 0 Å². The van der Waals surface area contributed by atoms with Crippen molar-refractivity contribution in [2.24, 2.45) is 5.41 Å². The lowest BCUT2D eigenvalue weighted by atomic mass is 9.77. The van der Waals surface area contributed by atoms with Gasteiger partial charge in [-0.1, -0.05) is 63.5 Å². The average Bonchev–Trinajstić information content (AvgIpc) is 2.32. The molecule has 0 aliphatic carbocycles. The zero-order valence-corrected chi connectivity index (χ0v) is 11.8. The fourth-order valence-electron chi connectivity index (χ4n) is 2.10. The molecule has 2 atom stereocenters. The van der Waals surface area contributed by atoms with Crippen molar-refractivity contribution >= 4 is 0 Å². The standard InChI is InChI=1S/C16H28O/c1-6-8-9-10-11-12-13-16(5,7-2)15(17)14(3)4/h2,15,17H,3,6,8-13H2,1,4-5H3.